The molecule has 0 fully saturated rings. The van der Waals surface area contributed by atoms with Crippen LogP contribution in [0.4, 0.5) is 0 Å². The van der Waals surface area contributed by atoms with Gasteiger partial charge in [-0.05, 0) is 29.1 Å². The van der Waals surface area contributed by atoms with Gasteiger partial charge in [0.2, 0.25) is 0 Å². The molecule has 0 N–H and O–H groups in total. The lowest BCUT2D eigenvalue weighted by Crippen LogP contribution is -1.56. The molecular weight excluding hydrogens is 184 g/mol. The van der Waals surface area contributed by atoms with Crippen LogP contribution >= 0.6 is 27.7 Å². The quantitative estimate of drug-likeness (QED) is 0.646. The molecule has 0 radical (unpaired) electrons. The fraction of sp³-hybridized carbons (Fsp3) is 0.333. The minimum Gasteiger partial charge on any atom is -0.103 e. The average molecular weight is 193 g/mol. The highest BCUT2D eigenvalue weighted by molar-refractivity contribution is 9.11. The van der Waals surface area contributed by atoms with Gasteiger partial charge in [-0.25, -0.2) is 0 Å². The molecule has 0 bridgehead atoms. The van der Waals surface area contributed by atoms with Crippen molar-refractivity contribution in [2.45, 2.75) is 13.8 Å². The minimum absolute atomic E-state index is 1.32. The van der Waals surface area contributed by atoms with Crippen molar-refractivity contribution in [3.63, 3.8) is 0 Å². The third-order valence-electron chi connectivity index (χ3n) is 0.712. The number of halogens is 1. The van der Waals surface area contributed by atoms with Gasteiger partial charge in [0.15, 0.2) is 0 Å². The van der Waals surface area contributed by atoms with Gasteiger partial charge in [-0.1, -0.05) is 22.0 Å². The molecule has 0 aromatic carbocycles. The van der Waals surface area contributed by atoms with Gasteiger partial charge in [-0.15, -0.1) is 11.8 Å². The van der Waals surface area contributed by atoms with E-state index in [0.717, 1.165) is 0 Å². The van der Waals surface area contributed by atoms with E-state index in [9.17, 15) is 0 Å². The summed E-state index contributed by atoms with van der Waals surface area (Å²) in [6.45, 7) is 4.11. The zero-order chi connectivity index (χ0) is 6.41. The molecule has 46 valence electrons. The Hall–Kier alpha value is 0.310. The van der Waals surface area contributed by atoms with E-state index in [1.807, 2.05) is 17.3 Å². The molecule has 0 rings (SSSR count). The normalized spacial score (nSPS) is 13.1. The van der Waals surface area contributed by atoms with Crippen molar-refractivity contribution in [2.75, 3.05) is 0 Å². The highest BCUT2D eigenvalue weighted by Crippen LogP contribution is 2.15. The largest absolute Gasteiger partial charge is 0.103 e. The lowest BCUT2D eigenvalue weighted by molar-refractivity contribution is 1.60. The summed E-state index contributed by atoms with van der Waals surface area (Å²) in [6, 6.07) is 0. The van der Waals surface area contributed by atoms with E-state index >= 15 is 0 Å². The second kappa shape index (κ2) is 5.45. The predicted octanol–water partition coefficient (Wildman–Crippen LogP) is 3.51. The Labute approximate surface area is 63.2 Å². The van der Waals surface area contributed by atoms with Crippen molar-refractivity contribution in [1.29, 1.82) is 0 Å². The summed E-state index contributed by atoms with van der Waals surface area (Å²) in [7, 11) is 0. The summed E-state index contributed by atoms with van der Waals surface area (Å²) >= 11 is 4.89. The fourth-order valence-corrected chi connectivity index (χ4v) is 0.927. The first-order chi connectivity index (χ1) is 3.81. The predicted molar refractivity (Wildman–Crippen MR) is 45.1 cm³/mol. The van der Waals surface area contributed by atoms with Gasteiger partial charge >= 0.3 is 0 Å². The van der Waals surface area contributed by atoms with Crippen molar-refractivity contribution in [1.82, 2.24) is 0 Å². The zero-order valence-corrected chi connectivity index (χ0v) is 7.42. The Morgan fingerprint density at radius 3 is 2.62 bits per heavy atom. The second-order valence-corrected chi connectivity index (χ2v) is 2.96. The van der Waals surface area contributed by atoms with Crippen LogP contribution in [0.5, 0.6) is 0 Å². The standard InChI is InChI=1S/C6H9BrS/c1-3-6(2)8-5-4-7/h3-5H,1-2H3/b5-4+,6-3-. The molecule has 0 aliphatic rings. The molecule has 0 amide bonds. The third kappa shape index (κ3) is 4.47. The summed E-state index contributed by atoms with van der Waals surface area (Å²) in [5.74, 6) is 0. The van der Waals surface area contributed by atoms with Crippen LogP contribution in [0.2, 0.25) is 0 Å². The van der Waals surface area contributed by atoms with E-state index < -0.39 is 0 Å². The first-order valence-electron chi connectivity index (χ1n) is 2.36. The Balaban J connectivity index is 3.40. The smallest absolute Gasteiger partial charge is 0.0122 e. The topological polar surface area (TPSA) is 0 Å². The van der Waals surface area contributed by atoms with Gasteiger partial charge in [0.25, 0.3) is 0 Å². The second-order valence-electron chi connectivity index (χ2n) is 1.28. The summed E-state index contributed by atoms with van der Waals surface area (Å²) in [5, 5.41) is 2.00. The molecule has 0 saturated carbocycles. The van der Waals surface area contributed by atoms with E-state index in [1.165, 1.54) is 4.91 Å². The van der Waals surface area contributed by atoms with Crippen LogP contribution in [0.3, 0.4) is 0 Å². The number of rotatable bonds is 2. The Kier molecular flexibility index (Phi) is 5.66. The maximum Gasteiger partial charge on any atom is -0.0122 e. The van der Waals surface area contributed by atoms with E-state index in [1.54, 1.807) is 11.8 Å². The first kappa shape index (κ1) is 8.31. The molecule has 8 heavy (non-hydrogen) atoms. The van der Waals surface area contributed by atoms with E-state index in [4.69, 9.17) is 0 Å². The Morgan fingerprint density at radius 2 is 2.25 bits per heavy atom. The van der Waals surface area contributed by atoms with Gasteiger partial charge in [0, 0.05) is 0 Å². The highest BCUT2D eigenvalue weighted by atomic mass is 79.9. The van der Waals surface area contributed by atoms with Crippen molar-refractivity contribution in [3.05, 3.63) is 21.4 Å². The van der Waals surface area contributed by atoms with Crippen molar-refractivity contribution < 1.29 is 0 Å². The first-order valence-corrected chi connectivity index (χ1v) is 4.15. The van der Waals surface area contributed by atoms with Crippen LogP contribution in [0.15, 0.2) is 21.4 Å². The maximum atomic E-state index is 3.18. The van der Waals surface area contributed by atoms with Gasteiger partial charge in [0.1, 0.15) is 0 Å². The molecule has 0 aromatic rings. The molecule has 0 heterocycles. The summed E-state index contributed by atoms with van der Waals surface area (Å²) in [4.78, 5) is 3.17. The maximum absolute atomic E-state index is 3.18. The van der Waals surface area contributed by atoms with Crippen molar-refractivity contribution in [3.8, 4) is 0 Å². The fourth-order valence-electron chi connectivity index (χ4n) is 0.201. The number of hydrogen-bond acceptors (Lipinski definition) is 1. The molecule has 0 atom stereocenters. The van der Waals surface area contributed by atoms with Gasteiger partial charge < -0.3 is 0 Å². The van der Waals surface area contributed by atoms with Crippen LogP contribution in [-0.2, 0) is 0 Å². The lowest BCUT2D eigenvalue weighted by Gasteiger charge is -1.87. The van der Waals surface area contributed by atoms with Crippen molar-refractivity contribution in [2.24, 2.45) is 0 Å². The molecule has 2 heteroatoms. The number of hydrogen-bond donors (Lipinski definition) is 0. The molecule has 0 aromatic heterocycles. The monoisotopic (exact) mass is 192 g/mol. The molecule has 0 unspecified atom stereocenters. The molecule has 0 aliphatic carbocycles. The van der Waals surface area contributed by atoms with Crippen LogP contribution in [0.25, 0.3) is 0 Å². The van der Waals surface area contributed by atoms with Crippen LogP contribution in [-0.4, -0.2) is 0 Å². The Bertz CT molecular complexity index is 105. The molecule has 0 spiro atoms. The van der Waals surface area contributed by atoms with E-state index in [-0.39, 0.29) is 0 Å². The SMILES string of the molecule is C/C=C(/C)S/C=C/Br. The molecule has 0 aliphatic heterocycles. The summed E-state index contributed by atoms with van der Waals surface area (Å²) < 4.78 is 0. The molecule has 0 nitrogen and oxygen atoms in total. The summed E-state index contributed by atoms with van der Waals surface area (Å²) in [5.41, 5.74) is 0. The zero-order valence-electron chi connectivity index (χ0n) is 5.02. The lowest BCUT2D eigenvalue weighted by atomic mass is 10.6. The number of allylic oxidation sites excluding steroid dienone is 2. The Morgan fingerprint density at radius 1 is 1.62 bits per heavy atom. The van der Waals surface area contributed by atoms with Crippen LogP contribution in [0, 0.1) is 0 Å². The van der Waals surface area contributed by atoms with Crippen molar-refractivity contribution >= 4 is 27.7 Å². The highest BCUT2D eigenvalue weighted by Gasteiger charge is 1.78. The van der Waals surface area contributed by atoms with Crippen LogP contribution in [0.1, 0.15) is 13.8 Å². The molecule has 0 saturated heterocycles. The van der Waals surface area contributed by atoms with Gasteiger partial charge in [0.05, 0.1) is 0 Å². The number of thioether (sulfide) groups is 1. The van der Waals surface area contributed by atoms with Gasteiger partial charge in [-0.3, -0.25) is 0 Å². The van der Waals surface area contributed by atoms with E-state index in [2.05, 4.69) is 28.9 Å². The van der Waals surface area contributed by atoms with Gasteiger partial charge in [-0.2, -0.15) is 0 Å². The van der Waals surface area contributed by atoms with E-state index in [0.29, 0.717) is 0 Å². The summed E-state index contributed by atoms with van der Waals surface area (Å²) in [6.07, 6.45) is 2.08. The average Bonchev–Trinajstić information content (AvgIpc) is 1.83. The van der Waals surface area contributed by atoms with Crippen LogP contribution < -0.4 is 0 Å². The molecular formula is C6H9BrS. The minimum atomic E-state index is 1.32. The third-order valence-corrected chi connectivity index (χ3v) is 2.21.